The summed E-state index contributed by atoms with van der Waals surface area (Å²) in [5.74, 6) is 0.981. The van der Waals surface area contributed by atoms with Crippen LogP contribution in [-0.2, 0) is 23.7 Å². The molecule has 1 heterocycles. The fourth-order valence-corrected chi connectivity index (χ4v) is 1.15. The lowest BCUT2D eigenvalue weighted by molar-refractivity contribution is 0.0422. The van der Waals surface area contributed by atoms with E-state index in [0.29, 0.717) is 25.0 Å². The molecule has 19 heavy (non-hydrogen) atoms. The average molecular weight is 321 g/mol. The zero-order valence-electron chi connectivity index (χ0n) is 12.2. The van der Waals surface area contributed by atoms with Crippen molar-refractivity contribution in [1.82, 2.24) is 0 Å². The van der Waals surface area contributed by atoms with E-state index in [1.165, 1.54) is 0 Å². The summed E-state index contributed by atoms with van der Waals surface area (Å²) in [6.07, 6.45) is 0.0864. The summed E-state index contributed by atoms with van der Waals surface area (Å²) in [5, 5.41) is 0. The first-order chi connectivity index (χ1) is 9.19. The second-order valence-corrected chi connectivity index (χ2v) is 4.16. The Bertz CT molecular complexity index is 136. The maximum absolute atomic E-state index is 5.44. The molecule has 1 saturated heterocycles. The highest BCUT2D eigenvalue weighted by Crippen LogP contribution is 1.92. The topological polar surface area (TPSA) is 49.5 Å². The van der Waals surface area contributed by atoms with E-state index in [0.717, 1.165) is 13.2 Å². The zero-order chi connectivity index (χ0) is 14.9. The van der Waals surface area contributed by atoms with Crippen molar-refractivity contribution < 1.29 is 23.7 Å². The van der Waals surface area contributed by atoms with Crippen LogP contribution in [-0.4, -0.2) is 78.8 Å². The number of hydrogen-bond acceptors (Lipinski definition) is 5. The largest absolute Gasteiger partial charge is 0.382 e. The van der Waals surface area contributed by atoms with Gasteiger partial charge in [0.25, 0.3) is 0 Å². The van der Waals surface area contributed by atoms with E-state index in [9.17, 15) is 0 Å². The Morgan fingerprint density at radius 2 is 1.16 bits per heavy atom. The predicted octanol–water partition coefficient (Wildman–Crippen LogP) is 1.79. The fourth-order valence-electron chi connectivity index (χ4n) is 0.723. The van der Waals surface area contributed by atoms with Crippen molar-refractivity contribution in [3.63, 3.8) is 0 Å². The van der Waals surface area contributed by atoms with E-state index < -0.39 is 0 Å². The Labute approximate surface area is 126 Å². The molecule has 7 heteroatoms. The molecular formula is C12H26Cl2O5. The number of epoxide rings is 1. The van der Waals surface area contributed by atoms with E-state index in [4.69, 9.17) is 42.1 Å². The highest BCUT2D eigenvalue weighted by molar-refractivity contribution is 6.18. The molecule has 0 aromatic carbocycles. The van der Waals surface area contributed by atoms with Gasteiger partial charge in [-0.1, -0.05) is 0 Å². The number of ether oxygens (including phenoxy) is 5. The average Bonchev–Trinajstić information content (AvgIpc) is 3.31. The van der Waals surface area contributed by atoms with Gasteiger partial charge in [-0.3, -0.25) is 0 Å². The van der Waals surface area contributed by atoms with Crippen LogP contribution in [0.15, 0.2) is 0 Å². The molecule has 1 rings (SSSR count). The number of halogens is 2. The molecule has 1 aliphatic heterocycles. The lowest BCUT2D eigenvalue weighted by Gasteiger charge is -2.08. The second-order valence-electron chi connectivity index (χ2n) is 3.55. The van der Waals surface area contributed by atoms with Crippen molar-refractivity contribution in [2.24, 2.45) is 0 Å². The van der Waals surface area contributed by atoms with Gasteiger partial charge in [-0.05, 0) is 0 Å². The van der Waals surface area contributed by atoms with E-state index in [1.54, 1.807) is 28.4 Å². The van der Waals surface area contributed by atoms with Gasteiger partial charge < -0.3 is 23.7 Å². The summed E-state index contributed by atoms with van der Waals surface area (Å²) in [4.78, 5) is 0. The monoisotopic (exact) mass is 320 g/mol. The van der Waals surface area contributed by atoms with Crippen molar-refractivity contribution >= 4 is 23.2 Å². The van der Waals surface area contributed by atoms with Crippen LogP contribution in [0.4, 0.5) is 0 Å². The van der Waals surface area contributed by atoms with Crippen molar-refractivity contribution in [2.45, 2.75) is 12.2 Å². The van der Waals surface area contributed by atoms with Crippen LogP contribution in [0.5, 0.6) is 0 Å². The van der Waals surface area contributed by atoms with Crippen molar-refractivity contribution in [3.05, 3.63) is 0 Å². The lowest BCUT2D eigenvalue weighted by Crippen LogP contribution is -2.18. The molecule has 0 N–H and O–H groups in total. The predicted molar refractivity (Wildman–Crippen MR) is 77.6 cm³/mol. The smallest absolute Gasteiger partial charge is 0.0939 e. The molecule has 1 aliphatic rings. The standard InChI is InChI=1S/2C5H11ClO2.C2H4O/c2*1-7-4-5(3-6)8-2;1-2-3-1/h2*5H,3-4H2,1-2H3;1-2H2. The quantitative estimate of drug-likeness (QED) is 0.504. The summed E-state index contributed by atoms with van der Waals surface area (Å²) in [6.45, 7) is 3.14. The molecule has 0 amide bonds. The molecule has 1 fully saturated rings. The molecule has 5 nitrogen and oxygen atoms in total. The third-order valence-corrected chi connectivity index (χ3v) is 2.61. The van der Waals surface area contributed by atoms with E-state index in [1.807, 2.05) is 0 Å². The number of alkyl halides is 2. The van der Waals surface area contributed by atoms with Crippen molar-refractivity contribution in [2.75, 3.05) is 66.6 Å². The van der Waals surface area contributed by atoms with Crippen LogP contribution < -0.4 is 0 Å². The highest BCUT2D eigenvalue weighted by atomic mass is 35.5. The molecule has 0 bridgehead atoms. The van der Waals surface area contributed by atoms with E-state index in [2.05, 4.69) is 4.74 Å². The maximum atomic E-state index is 5.44. The first-order valence-electron chi connectivity index (χ1n) is 5.93. The van der Waals surface area contributed by atoms with Crippen LogP contribution in [0.1, 0.15) is 0 Å². The molecule has 2 atom stereocenters. The minimum absolute atomic E-state index is 0.0432. The van der Waals surface area contributed by atoms with Gasteiger partial charge in [0.1, 0.15) is 0 Å². The number of rotatable bonds is 8. The molecule has 0 aromatic rings. The van der Waals surface area contributed by atoms with Crippen molar-refractivity contribution in [3.8, 4) is 0 Å². The minimum atomic E-state index is 0.0432. The molecule has 0 radical (unpaired) electrons. The van der Waals surface area contributed by atoms with Gasteiger partial charge in [0.15, 0.2) is 0 Å². The molecule has 0 spiro atoms. The summed E-state index contributed by atoms with van der Waals surface area (Å²) >= 11 is 10.9. The Balaban J connectivity index is 0. The summed E-state index contributed by atoms with van der Waals surface area (Å²) < 4.78 is 23.8. The molecule has 0 saturated carbocycles. The summed E-state index contributed by atoms with van der Waals surface area (Å²) in [5.41, 5.74) is 0. The van der Waals surface area contributed by atoms with Crippen LogP contribution in [0.2, 0.25) is 0 Å². The van der Waals surface area contributed by atoms with Crippen LogP contribution in [0.3, 0.4) is 0 Å². The second kappa shape index (κ2) is 18.4. The van der Waals surface area contributed by atoms with Gasteiger partial charge in [0, 0.05) is 28.4 Å². The minimum Gasteiger partial charge on any atom is -0.382 e. The molecular weight excluding hydrogens is 295 g/mol. The molecule has 118 valence electrons. The Hall–Kier alpha value is 0.380. The SMILES string of the molecule is C1CO1.COCC(CCl)OC.COCC(CCl)OC. The van der Waals surface area contributed by atoms with Crippen LogP contribution in [0.25, 0.3) is 0 Å². The summed E-state index contributed by atoms with van der Waals surface area (Å²) in [6, 6.07) is 0. The van der Waals surface area contributed by atoms with Gasteiger partial charge in [0.05, 0.1) is 50.4 Å². The Morgan fingerprint density at radius 1 is 0.842 bits per heavy atom. The Morgan fingerprint density at radius 3 is 1.21 bits per heavy atom. The fraction of sp³-hybridized carbons (Fsp3) is 1.00. The third-order valence-electron chi connectivity index (χ3n) is 1.92. The van der Waals surface area contributed by atoms with Gasteiger partial charge in [-0.25, -0.2) is 0 Å². The van der Waals surface area contributed by atoms with Gasteiger partial charge in [-0.2, -0.15) is 0 Å². The number of hydrogen-bond donors (Lipinski definition) is 0. The normalized spacial score (nSPS) is 15.5. The van der Waals surface area contributed by atoms with Crippen LogP contribution in [0, 0.1) is 0 Å². The number of methoxy groups -OCH3 is 4. The molecule has 2 unspecified atom stereocenters. The van der Waals surface area contributed by atoms with E-state index in [-0.39, 0.29) is 12.2 Å². The maximum Gasteiger partial charge on any atom is 0.0939 e. The molecule has 0 aromatic heterocycles. The van der Waals surface area contributed by atoms with Gasteiger partial charge >= 0.3 is 0 Å². The summed E-state index contributed by atoms with van der Waals surface area (Å²) in [7, 11) is 6.48. The third kappa shape index (κ3) is 20.8. The first kappa shape index (κ1) is 21.7. The first-order valence-corrected chi connectivity index (χ1v) is 7.00. The Kier molecular flexibility index (Phi) is 21.0. The molecule has 0 aliphatic carbocycles. The van der Waals surface area contributed by atoms with Gasteiger partial charge in [0.2, 0.25) is 0 Å². The lowest BCUT2D eigenvalue weighted by atomic mass is 10.4. The zero-order valence-corrected chi connectivity index (χ0v) is 13.7. The van der Waals surface area contributed by atoms with Gasteiger partial charge in [-0.15, -0.1) is 23.2 Å². The van der Waals surface area contributed by atoms with Crippen molar-refractivity contribution in [1.29, 1.82) is 0 Å². The van der Waals surface area contributed by atoms with Crippen LogP contribution >= 0.6 is 23.2 Å². The highest BCUT2D eigenvalue weighted by Gasteiger charge is 2.02. The van der Waals surface area contributed by atoms with E-state index >= 15 is 0 Å².